The molecule has 2 atom stereocenters. The largest absolute Gasteiger partial charge is 0.480 e. The van der Waals surface area contributed by atoms with Crippen molar-refractivity contribution < 1.29 is 42.5 Å². The van der Waals surface area contributed by atoms with E-state index in [4.69, 9.17) is 4.74 Å². The van der Waals surface area contributed by atoms with Crippen LogP contribution in [0.5, 0.6) is 0 Å². The predicted octanol–water partition coefficient (Wildman–Crippen LogP) is 2.49. The maximum Gasteiger partial charge on any atom is 0.416 e. The molecule has 11 heteroatoms. The van der Waals surface area contributed by atoms with Crippen LogP contribution >= 0.6 is 0 Å². The van der Waals surface area contributed by atoms with E-state index < -0.39 is 48.3 Å². The van der Waals surface area contributed by atoms with Crippen LogP contribution in [0.25, 0.3) is 0 Å². The maximum atomic E-state index is 12.8. The molecule has 178 valence electrons. The Kier molecular flexibility index (Phi) is 9.22. The summed E-state index contributed by atoms with van der Waals surface area (Å²) in [5.41, 5.74) is -0.106. The Bertz CT molecular complexity index is 953. The molecule has 0 aliphatic carbocycles. The summed E-state index contributed by atoms with van der Waals surface area (Å²) >= 11 is 0. The molecule has 0 spiro atoms. The molecule has 2 rings (SSSR count). The molecule has 0 aliphatic heterocycles. The van der Waals surface area contributed by atoms with Crippen LogP contribution in [-0.4, -0.2) is 46.9 Å². The third kappa shape index (κ3) is 9.19. The Morgan fingerprint density at radius 2 is 1.67 bits per heavy atom. The summed E-state index contributed by atoms with van der Waals surface area (Å²) in [6.07, 6.45) is -7.66. The van der Waals surface area contributed by atoms with Crippen LogP contribution in [0.15, 0.2) is 54.6 Å². The maximum absolute atomic E-state index is 12.8. The van der Waals surface area contributed by atoms with Gasteiger partial charge < -0.3 is 25.6 Å². The van der Waals surface area contributed by atoms with Gasteiger partial charge in [0.05, 0.1) is 18.1 Å². The Hall–Kier alpha value is -3.60. The van der Waals surface area contributed by atoms with Gasteiger partial charge in [-0.3, -0.25) is 4.79 Å². The molecular weight excluding hydrogens is 445 g/mol. The molecule has 8 nitrogen and oxygen atoms in total. The van der Waals surface area contributed by atoms with Gasteiger partial charge in [-0.25, -0.2) is 9.59 Å². The third-order valence-electron chi connectivity index (χ3n) is 4.44. The van der Waals surface area contributed by atoms with E-state index in [9.17, 15) is 37.8 Å². The second-order valence-corrected chi connectivity index (χ2v) is 7.16. The number of carbonyl (C=O) groups is 3. The number of alkyl carbamates (subject to hydrolysis) is 1. The molecule has 2 aromatic rings. The van der Waals surface area contributed by atoms with Crippen molar-refractivity contribution in [2.45, 2.75) is 37.8 Å². The van der Waals surface area contributed by atoms with Crippen molar-refractivity contribution in [3.63, 3.8) is 0 Å². The number of carboxylic acids is 1. The number of ether oxygens (including phenoxy) is 1. The highest BCUT2D eigenvalue weighted by Gasteiger charge is 2.31. The number of carboxylic acid groups (broad SMARTS) is 1. The molecule has 0 radical (unpaired) electrons. The number of nitrogens with one attached hydrogen (secondary N) is 2. The lowest BCUT2D eigenvalue weighted by Gasteiger charge is -2.17. The average molecular weight is 468 g/mol. The number of aliphatic carboxylic acids is 1. The van der Waals surface area contributed by atoms with Crippen molar-refractivity contribution >= 4 is 18.0 Å². The minimum Gasteiger partial charge on any atom is -0.480 e. The van der Waals surface area contributed by atoms with Gasteiger partial charge in [0.25, 0.3) is 0 Å². The summed E-state index contributed by atoms with van der Waals surface area (Å²) in [5, 5.41) is 23.7. The molecular formula is C22H23F3N2O6. The lowest BCUT2D eigenvalue weighted by molar-refractivity contribution is -0.142. The third-order valence-corrected chi connectivity index (χ3v) is 4.44. The Morgan fingerprint density at radius 3 is 2.30 bits per heavy atom. The van der Waals surface area contributed by atoms with Crippen LogP contribution in [0.3, 0.4) is 0 Å². The van der Waals surface area contributed by atoms with E-state index >= 15 is 0 Å². The number of alkyl halides is 3. The molecule has 0 aliphatic rings. The number of carbonyl (C=O) groups excluding carboxylic acids is 2. The standard InChI is InChI=1S/C22H23F3N2O6/c23-22(24,25)16-8-4-7-15(9-16)10-18(20(30)31)27-19(29)11-17(28)12-26-21(32)33-13-14-5-2-1-3-6-14/h1-9,17-18,28H,10-13H2,(H,26,32)(H,27,29)(H,30,31)/t17-,18+/m0/s1. The van der Waals surface area contributed by atoms with E-state index in [0.29, 0.717) is 0 Å². The molecule has 2 amide bonds. The molecule has 0 saturated heterocycles. The predicted molar refractivity (Wildman–Crippen MR) is 110 cm³/mol. The summed E-state index contributed by atoms with van der Waals surface area (Å²) in [6.45, 7) is -0.314. The van der Waals surface area contributed by atoms with Crippen molar-refractivity contribution in [3.05, 3.63) is 71.3 Å². The van der Waals surface area contributed by atoms with Crippen molar-refractivity contribution in [1.82, 2.24) is 10.6 Å². The van der Waals surface area contributed by atoms with Gasteiger partial charge in [-0.05, 0) is 17.2 Å². The lowest BCUT2D eigenvalue weighted by Crippen LogP contribution is -2.44. The molecule has 4 N–H and O–H groups in total. The van der Waals surface area contributed by atoms with Crippen LogP contribution in [-0.2, 0) is 33.5 Å². The Morgan fingerprint density at radius 1 is 1.00 bits per heavy atom. The summed E-state index contributed by atoms with van der Waals surface area (Å²) in [7, 11) is 0. The van der Waals surface area contributed by atoms with E-state index in [2.05, 4.69) is 10.6 Å². The normalized spacial score (nSPS) is 13.0. The zero-order valence-corrected chi connectivity index (χ0v) is 17.3. The first-order valence-corrected chi connectivity index (χ1v) is 9.85. The van der Waals surface area contributed by atoms with Gasteiger partial charge in [0.15, 0.2) is 0 Å². The highest BCUT2D eigenvalue weighted by molar-refractivity contribution is 5.84. The molecule has 0 saturated carbocycles. The first-order chi connectivity index (χ1) is 15.5. The lowest BCUT2D eigenvalue weighted by atomic mass is 10.0. The van der Waals surface area contributed by atoms with Crippen LogP contribution in [0.1, 0.15) is 23.1 Å². The van der Waals surface area contributed by atoms with Gasteiger partial charge in [-0.1, -0.05) is 48.5 Å². The number of aliphatic hydroxyl groups is 1. The average Bonchev–Trinajstić information content (AvgIpc) is 2.76. The monoisotopic (exact) mass is 468 g/mol. The van der Waals surface area contributed by atoms with Gasteiger partial charge in [-0.15, -0.1) is 0 Å². The fourth-order valence-electron chi connectivity index (χ4n) is 2.83. The van der Waals surface area contributed by atoms with Crippen molar-refractivity contribution in [3.8, 4) is 0 Å². The minimum absolute atomic E-state index is 0.0130. The molecule has 33 heavy (non-hydrogen) atoms. The minimum atomic E-state index is -4.59. The van der Waals surface area contributed by atoms with Gasteiger partial charge in [0.2, 0.25) is 5.91 Å². The number of aliphatic hydroxyl groups excluding tert-OH is 1. The van der Waals surface area contributed by atoms with Gasteiger partial charge in [0.1, 0.15) is 12.6 Å². The number of amides is 2. The summed E-state index contributed by atoms with van der Waals surface area (Å²) in [5.74, 6) is -2.29. The number of halogens is 3. The highest BCUT2D eigenvalue weighted by atomic mass is 19.4. The fraction of sp³-hybridized carbons (Fsp3) is 0.318. The zero-order chi connectivity index (χ0) is 24.4. The van der Waals surface area contributed by atoms with Crippen LogP contribution in [0.2, 0.25) is 0 Å². The Balaban J connectivity index is 1.80. The molecule has 0 unspecified atom stereocenters. The van der Waals surface area contributed by atoms with Crippen LogP contribution in [0, 0.1) is 0 Å². The van der Waals surface area contributed by atoms with E-state index in [0.717, 1.165) is 23.8 Å². The molecule has 0 bridgehead atoms. The Labute approximate surface area is 187 Å². The summed E-state index contributed by atoms with van der Waals surface area (Å²) < 4.78 is 43.4. The zero-order valence-electron chi connectivity index (χ0n) is 17.3. The number of hydrogen-bond acceptors (Lipinski definition) is 5. The summed E-state index contributed by atoms with van der Waals surface area (Å²) in [6, 6.07) is 11.5. The smallest absolute Gasteiger partial charge is 0.416 e. The SMILES string of the molecule is O=C(C[C@H](O)CNC(=O)OCc1ccccc1)N[C@H](Cc1cccc(C(F)(F)F)c1)C(=O)O. The number of rotatable bonds is 10. The van der Waals surface area contributed by atoms with E-state index in [1.165, 1.54) is 6.07 Å². The van der Waals surface area contributed by atoms with E-state index in [1.807, 2.05) is 0 Å². The van der Waals surface area contributed by atoms with E-state index in [1.54, 1.807) is 30.3 Å². The molecule has 0 aromatic heterocycles. The van der Waals surface area contributed by atoms with Crippen molar-refractivity contribution in [2.75, 3.05) is 6.54 Å². The van der Waals surface area contributed by atoms with Gasteiger partial charge >= 0.3 is 18.2 Å². The van der Waals surface area contributed by atoms with E-state index in [-0.39, 0.29) is 25.1 Å². The second kappa shape index (κ2) is 11.9. The number of benzene rings is 2. The van der Waals surface area contributed by atoms with Gasteiger partial charge in [0, 0.05) is 13.0 Å². The molecule has 2 aromatic carbocycles. The van der Waals surface area contributed by atoms with Crippen molar-refractivity contribution in [1.29, 1.82) is 0 Å². The van der Waals surface area contributed by atoms with Gasteiger partial charge in [-0.2, -0.15) is 13.2 Å². The molecule has 0 heterocycles. The fourth-order valence-corrected chi connectivity index (χ4v) is 2.83. The summed E-state index contributed by atoms with van der Waals surface area (Å²) in [4.78, 5) is 35.2. The van der Waals surface area contributed by atoms with Crippen LogP contribution < -0.4 is 10.6 Å². The topological polar surface area (TPSA) is 125 Å². The first kappa shape index (κ1) is 25.7. The first-order valence-electron chi connectivity index (χ1n) is 9.85. The van der Waals surface area contributed by atoms with Crippen LogP contribution in [0.4, 0.5) is 18.0 Å². The second-order valence-electron chi connectivity index (χ2n) is 7.16. The quantitative estimate of drug-likeness (QED) is 0.425. The molecule has 0 fully saturated rings. The number of hydrogen-bond donors (Lipinski definition) is 4. The van der Waals surface area contributed by atoms with Crippen molar-refractivity contribution in [2.24, 2.45) is 0 Å². The highest BCUT2D eigenvalue weighted by Crippen LogP contribution is 2.29.